The molecule has 166 valence electrons. The lowest BCUT2D eigenvalue weighted by molar-refractivity contribution is 0.102. The van der Waals surface area contributed by atoms with E-state index in [4.69, 9.17) is 0 Å². The van der Waals surface area contributed by atoms with Crippen molar-refractivity contribution >= 4 is 28.6 Å². The molecule has 5 rings (SSSR count). The lowest BCUT2D eigenvalue weighted by atomic mass is 10.1. The number of nitrogens with zero attached hydrogens (tertiary/aromatic N) is 4. The summed E-state index contributed by atoms with van der Waals surface area (Å²) in [6.45, 7) is 7.83. The van der Waals surface area contributed by atoms with Gasteiger partial charge < -0.3 is 10.2 Å². The molecular formula is C25H29N5OS. The van der Waals surface area contributed by atoms with Gasteiger partial charge in [-0.2, -0.15) is 0 Å². The first kappa shape index (κ1) is 21.1. The Morgan fingerprint density at radius 3 is 2.88 bits per heavy atom. The van der Waals surface area contributed by atoms with Crippen LogP contribution in [0.3, 0.4) is 0 Å². The molecular weight excluding hydrogens is 418 g/mol. The van der Waals surface area contributed by atoms with Crippen LogP contribution in [0.25, 0.3) is 10.6 Å². The molecule has 3 aromatic rings. The fourth-order valence-corrected chi connectivity index (χ4v) is 5.71. The molecule has 0 saturated carbocycles. The zero-order valence-corrected chi connectivity index (χ0v) is 19.4. The third-order valence-corrected chi connectivity index (χ3v) is 7.60. The average molecular weight is 448 g/mol. The van der Waals surface area contributed by atoms with Gasteiger partial charge in [0.05, 0.1) is 0 Å². The zero-order valence-electron chi connectivity index (χ0n) is 18.6. The molecule has 7 heteroatoms. The number of hydrogen-bond donors (Lipinski definition) is 1. The second-order valence-electron chi connectivity index (χ2n) is 8.85. The van der Waals surface area contributed by atoms with Gasteiger partial charge in [-0.1, -0.05) is 0 Å². The zero-order chi connectivity index (χ0) is 22.1. The van der Waals surface area contributed by atoms with E-state index in [0.29, 0.717) is 17.8 Å². The van der Waals surface area contributed by atoms with Gasteiger partial charge in [-0.05, 0) is 75.5 Å². The van der Waals surface area contributed by atoms with Crippen molar-refractivity contribution < 1.29 is 4.79 Å². The highest BCUT2D eigenvalue weighted by molar-refractivity contribution is 7.13. The summed E-state index contributed by atoms with van der Waals surface area (Å²) in [5.41, 5.74) is 4.49. The molecule has 0 aliphatic carbocycles. The van der Waals surface area contributed by atoms with Crippen LogP contribution in [0.2, 0.25) is 0 Å². The summed E-state index contributed by atoms with van der Waals surface area (Å²) in [7, 11) is 0. The minimum Gasteiger partial charge on any atom is -0.370 e. The topological polar surface area (TPSA) is 61.4 Å². The SMILES string of the molecule is Cc1cc(N2CCC(N3CCCC3C)C2)ccc1NC(=O)c1csc(-c2cccnc2)n1. The normalized spacial score (nSPS) is 21.2. The molecule has 2 aliphatic rings. The van der Waals surface area contributed by atoms with Crippen LogP contribution in [0.1, 0.15) is 42.2 Å². The summed E-state index contributed by atoms with van der Waals surface area (Å²) in [5.74, 6) is -0.184. The van der Waals surface area contributed by atoms with Crippen LogP contribution in [-0.4, -0.2) is 52.5 Å². The van der Waals surface area contributed by atoms with Crippen molar-refractivity contribution in [3.05, 3.63) is 59.4 Å². The van der Waals surface area contributed by atoms with E-state index < -0.39 is 0 Å². The van der Waals surface area contributed by atoms with Gasteiger partial charge in [-0.15, -0.1) is 11.3 Å². The second kappa shape index (κ2) is 9.00. The molecule has 2 unspecified atom stereocenters. The number of aromatic nitrogens is 2. The fourth-order valence-electron chi connectivity index (χ4n) is 4.92. The van der Waals surface area contributed by atoms with E-state index in [1.807, 2.05) is 18.2 Å². The average Bonchev–Trinajstić information content (AvgIpc) is 3.56. The maximum Gasteiger partial charge on any atom is 0.275 e. The fraction of sp³-hybridized carbons (Fsp3) is 0.400. The van der Waals surface area contributed by atoms with Gasteiger partial charge in [0.25, 0.3) is 5.91 Å². The summed E-state index contributed by atoms with van der Waals surface area (Å²) in [6.07, 6.45) is 7.37. The highest BCUT2D eigenvalue weighted by atomic mass is 32.1. The highest BCUT2D eigenvalue weighted by Crippen LogP contribution is 2.30. The molecule has 0 radical (unpaired) electrons. The van der Waals surface area contributed by atoms with Gasteiger partial charge in [0.1, 0.15) is 10.7 Å². The molecule has 1 N–H and O–H groups in total. The van der Waals surface area contributed by atoms with Crippen molar-refractivity contribution in [3.63, 3.8) is 0 Å². The maximum atomic E-state index is 12.8. The first-order chi connectivity index (χ1) is 15.6. The van der Waals surface area contributed by atoms with Crippen molar-refractivity contribution in [2.24, 2.45) is 0 Å². The number of aryl methyl sites for hydroxylation is 1. The van der Waals surface area contributed by atoms with Gasteiger partial charge >= 0.3 is 0 Å². The number of hydrogen-bond acceptors (Lipinski definition) is 6. The van der Waals surface area contributed by atoms with Crippen molar-refractivity contribution in [1.82, 2.24) is 14.9 Å². The Bertz CT molecular complexity index is 1100. The molecule has 2 atom stereocenters. The van der Waals surface area contributed by atoms with Crippen LogP contribution in [0.15, 0.2) is 48.1 Å². The first-order valence-corrected chi connectivity index (χ1v) is 12.2. The van der Waals surface area contributed by atoms with Gasteiger partial charge in [-0.3, -0.25) is 14.7 Å². The summed E-state index contributed by atoms with van der Waals surface area (Å²) in [6, 6.07) is 11.5. The number of pyridine rings is 1. The molecule has 2 fully saturated rings. The Kier molecular flexibility index (Phi) is 5.93. The van der Waals surface area contributed by atoms with Gasteiger partial charge in [-0.25, -0.2) is 4.98 Å². The monoisotopic (exact) mass is 447 g/mol. The van der Waals surface area contributed by atoms with Crippen LogP contribution < -0.4 is 10.2 Å². The molecule has 4 heterocycles. The molecule has 0 bridgehead atoms. The predicted molar refractivity (Wildman–Crippen MR) is 130 cm³/mol. The van der Waals surface area contributed by atoms with Crippen molar-refractivity contribution in [2.75, 3.05) is 29.9 Å². The van der Waals surface area contributed by atoms with Gasteiger partial charge in [0.15, 0.2) is 0 Å². The Balaban J connectivity index is 1.24. The van der Waals surface area contributed by atoms with Crippen LogP contribution in [0.5, 0.6) is 0 Å². The van der Waals surface area contributed by atoms with Crippen LogP contribution in [-0.2, 0) is 0 Å². The number of carbonyl (C=O) groups is 1. The van der Waals surface area contributed by atoms with Crippen molar-refractivity contribution in [2.45, 2.75) is 45.2 Å². The van der Waals surface area contributed by atoms with E-state index >= 15 is 0 Å². The lowest BCUT2D eigenvalue weighted by Gasteiger charge is -2.28. The van der Waals surface area contributed by atoms with E-state index in [-0.39, 0.29) is 5.91 Å². The van der Waals surface area contributed by atoms with E-state index in [1.165, 1.54) is 42.8 Å². The first-order valence-electron chi connectivity index (χ1n) is 11.4. The van der Waals surface area contributed by atoms with Crippen molar-refractivity contribution in [3.8, 4) is 10.6 Å². The van der Waals surface area contributed by atoms with E-state index in [9.17, 15) is 4.79 Å². The maximum absolute atomic E-state index is 12.8. The number of amides is 1. The molecule has 2 saturated heterocycles. The molecule has 32 heavy (non-hydrogen) atoms. The molecule has 6 nitrogen and oxygen atoms in total. The lowest BCUT2D eigenvalue weighted by Crippen LogP contribution is -2.39. The molecule has 1 aromatic carbocycles. The standard InChI is InChI=1S/C25H29N5OS/c1-17-13-20(29-12-9-21(15-29)30-11-4-5-18(30)2)7-8-22(17)27-24(31)23-16-32-25(28-23)19-6-3-10-26-14-19/h3,6-8,10,13-14,16,18,21H,4-5,9,11-12,15H2,1-2H3,(H,27,31). The summed E-state index contributed by atoms with van der Waals surface area (Å²) in [5, 5.41) is 5.63. The number of carbonyl (C=O) groups excluding carboxylic acids is 1. The van der Waals surface area contributed by atoms with E-state index in [2.05, 4.69) is 51.1 Å². The summed E-state index contributed by atoms with van der Waals surface area (Å²) < 4.78 is 0. The molecule has 2 aliphatic heterocycles. The third-order valence-electron chi connectivity index (χ3n) is 6.71. The number of rotatable bonds is 5. The number of nitrogens with one attached hydrogen (secondary N) is 1. The summed E-state index contributed by atoms with van der Waals surface area (Å²) >= 11 is 1.45. The van der Waals surface area contributed by atoms with Crippen molar-refractivity contribution in [1.29, 1.82) is 0 Å². The van der Waals surface area contributed by atoms with Crippen LogP contribution in [0.4, 0.5) is 11.4 Å². The minimum absolute atomic E-state index is 0.184. The number of benzene rings is 1. The largest absolute Gasteiger partial charge is 0.370 e. The second-order valence-corrected chi connectivity index (χ2v) is 9.71. The van der Waals surface area contributed by atoms with E-state index in [1.54, 1.807) is 17.8 Å². The summed E-state index contributed by atoms with van der Waals surface area (Å²) in [4.78, 5) is 26.6. The molecule has 2 aromatic heterocycles. The highest BCUT2D eigenvalue weighted by Gasteiger charge is 2.33. The van der Waals surface area contributed by atoms with Crippen LogP contribution in [0, 0.1) is 6.92 Å². The quantitative estimate of drug-likeness (QED) is 0.607. The Morgan fingerprint density at radius 1 is 1.22 bits per heavy atom. The smallest absolute Gasteiger partial charge is 0.275 e. The van der Waals surface area contributed by atoms with Gasteiger partial charge in [0.2, 0.25) is 0 Å². The Morgan fingerprint density at radius 2 is 2.12 bits per heavy atom. The minimum atomic E-state index is -0.184. The third kappa shape index (κ3) is 4.27. The molecule has 1 amide bonds. The molecule has 0 spiro atoms. The van der Waals surface area contributed by atoms with E-state index in [0.717, 1.165) is 34.9 Å². The Labute approximate surface area is 193 Å². The number of thiazole rings is 1. The van der Waals surface area contributed by atoms with Crippen LogP contribution >= 0.6 is 11.3 Å². The predicted octanol–water partition coefficient (Wildman–Crippen LogP) is 4.83. The Hall–Kier alpha value is -2.77. The number of anilines is 2. The van der Waals surface area contributed by atoms with Gasteiger partial charge in [0, 0.05) is 59.9 Å². The number of likely N-dealkylation sites (tertiary alicyclic amines) is 1.